The van der Waals surface area contributed by atoms with Crippen molar-refractivity contribution in [3.63, 3.8) is 0 Å². The van der Waals surface area contributed by atoms with Crippen LogP contribution in [0.3, 0.4) is 0 Å². The van der Waals surface area contributed by atoms with Gasteiger partial charge in [0.15, 0.2) is 11.7 Å². The van der Waals surface area contributed by atoms with E-state index in [1.807, 2.05) is 18.2 Å². The number of allylic oxidation sites excluding steroid dienone is 2. The Kier molecular flexibility index (Phi) is 10.9. The second-order valence-electron chi connectivity index (χ2n) is 9.52. The summed E-state index contributed by atoms with van der Waals surface area (Å²) < 4.78 is 0. The third kappa shape index (κ3) is 6.02. The number of amidine groups is 2. The van der Waals surface area contributed by atoms with E-state index in [2.05, 4.69) is 46.3 Å². The van der Waals surface area contributed by atoms with Gasteiger partial charge in [-0.1, -0.05) is 18.2 Å². The Morgan fingerprint density at radius 2 is 1.05 bits per heavy atom. The van der Waals surface area contributed by atoms with Crippen molar-refractivity contribution < 1.29 is 78.1 Å². The van der Waals surface area contributed by atoms with Crippen molar-refractivity contribution in [1.29, 1.82) is 0 Å². The number of aromatic nitrogens is 1. The number of fused-ring (bicyclic) bond motifs is 2. The number of likely N-dealkylation sites (tertiary alicyclic amines) is 2. The molecule has 38 heavy (non-hydrogen) atoms. The van der Waals surface area contributed by atoms with Gasteiger partial charge in [0.05, 0.1) is 11.4 Å². The first-order valence-corrected chi connectivity index (χ1v) is 12.4. The zero-order chi connectivity index (χ0) is 22.5. The fourth-order valence-corrected chi connectivity index (χ4v) is 5.40. The fraction of sp³-hybridized carbons (Fsp3) is 0.370. The zero-order valence-electron chi connectivity index (χ0n) is 20.8. The molecule has 0 aromatic carbocycles. The van der Waals surface area contributed by atoms with Crippen LogP contribution in [-0.2, 0) is 0 Å². The van der Waals surface area contributed by atoms with Gasteiger partial charge in [-0.15, -0.1) is 0 Å². The number of hydrogen-bond donors (Lipinski definition) is 0. The van der Waals surface area contributed by atoms with E-state index in [9.17, 15) is 0 Å². The summed E-state index contributed by atoms with van der Waals surface area (Å²) in [6.45, 7) is 4.50. The van der Waals surface area contributed by atoms with Gasteiger partial charge in [-0.05, 0) is 62.1 Å². The second kappa shape index (κ2) is 13.3. The summed E-state index contributed by atoms with van der Waals surface area (Å²) in [6.07, 6.45) is 18.1. The van der Waals surface area contributed by atoms with Crippen molar-refractivity contribution >= 4 is 23.1 Å². The van der Waals surface area contributed by atoms with E-state index >= 15 is 0 Å². The van der Waals surface area contributed by atoms with E-state index in [1.165, 1.54) is 37.1 Å². The minimum Gasteiger partial charge on any atom is -1.00 e. The predicted molar refractivity (Wildman–Crippen MR) is 136 cm³/mol. The number of rotatable bonds is 4. The summed E-state index contributed by atoms with van der Waals surface area (Å²) in [5.74, 6) is 1.37. The molecule has 195 valence electrons. The molecule has 0 spiro atoms. The first-order valence-electron chi connectivity index (χ1n) is 12.4. The number of pyridine rings is 1. The minimum atomic E-state index is -0.0157. The van der Waals surface area contributed by atoms with Crippen LogP contribution in [0.25, 0.3) is 0 Å². The van der Waals surface area contributed by atoms with Gasteiger partial charge in [0.25, 0.3) is 0 Å². The Bertz CT molecular complexity index is 1200. The molecule has 0 N–H and O–H groups in total. The molecule has 2 unspecified atom stereocenters. The monoisotopic (exact) mass is 696 g/mol. The maximum Gasteiger partial charge on any atom is 3.00 e. The molecule has 2 saturated heterocycles. The molecule has 0 saturated carbocycles. The molecule has 5 heterocycles. The molecule has 0 bridgehead atoms. The van der Waals surface area contributed by atoms with Crippen LogP contribution in [0.5, 0.6) is 0 Å². The summed E-state index contributed by atoms with van der Waals surface area (Å²) in [5.41, 5.74) is 6.04. The maximum absolute atomic E-state index is 4.86. The number of nitrogens with zero attached hydrogens (tertiary/aromatic N) is 7. The Balaban J connectivity index is 0.000001000. The molecule has 1 aromatic heterocycles. The predicted octanol–water partition coefficient (Wildman–Crippen LogP) is -5.67. The van der Waals surface area contributed by atoms with Gasteiger partial charge in [0, 0.05) is 37.6 Å². The normalized spacial score (nSPS) is 24.3. The Morgan fingerprint density at radius 3 is 1.47 bits per heavy atom. The molecular weight excluding hydrogens is 673 g/mol. The average Bonchev–Trinajstić information content (AvgIpc) is 3.69. The zero-order valence-corrected chi connectivity index (χ0v) is 26.2. The number of aliphatic imine (C=N–C) groups is 4. The molecule has 6 aliphatic rings. The molecule has 2 atom stereocenters. The summed E-state index contributed by atoms with van der Waals surface area (Å²) in [4.78, 5) is 29.1. The molecule has 2 aliphatic carbocycles. The van der Waals surface area contributed by atoms with Gasteiger partial charge in [-0.25, -0.2) is 15.0 Å². The quantitative estimate of drug-likeness (QED) is 0.315. The van der Waals surface area contributed by atoms with Crippen LogP contribution in [0, 0.1) is 40.8 Å². The summed E-state index contributed by atoms with van der Waals surface area (Å²) in [7, 11) is 0. The van der Waals surface area contributed by atoms with Crippen LogP contribution >= 0.6 is 0 Å². The molecule has 7 rings (SSSR count). The van der Waals surface area contributed by atoms with Crippen LogP contribution in [0.15, 0.2) is 86.0 Å². The maximum atomic E-state index is 4.86. The van der Waals surface area contributed by atoms with E-state index < -0.39 is 0 Å². The third-order valence-electron chi connectivity index (χ3n) is 7.24. The van der Waals surface area contributed by atoms with Gasteiger partial charge >= 0.3 is 40.8 Å². The first-order chi connectivity index (χ1) is 16.8. The fourth-order valence-electron chi connectivity index (χ4n) is 5.40. The van der Waals surface area contributed by atoms with Gasteiger partial charge in [0.1, 0.15) is 23.5 Å². The largest absolute Gasteiger partial charge is 3.00 e. The van der Waals surface area contributed by atoms with Gasteiger partial charge in [-0.3, -0.25) is 9.98 Å². The number of halogens is 3. The molecule has 0 amide bonds. The molecule has 7 nitrogen and oxygen atoms in total. The van der Waals surface area contributed by atoms with Crippen molar-refractivity contribution in [2.45, 2.75) is 37.8 Å². The third-order valence-corrected chi connectivity index (χ3v) is 7.24. The van der Waals surface area contributed by atoms with Crippen molar-refractivity contribution in [3.8, 4) is 0 Å². The SMILES string of the molecule is C1=CC2N=C(c3cccc(C4=NC5C=CC(N6CCCC6)=CC5=N4)n3)N=C2C=C1N1CCCC1.[Cl-].[Cl-].[Cl-].[Nd+3]. The molecule has 2 fully saturated rings. The Hall–Kier alpha value is -1.39. The molecule has 1 radical (unpaired) electrons. The van der Waals surface area contributed by atoms with Crippen LogP contribution in [0.2, 0.25) is 0 Å². The van der Waals surface area contributed by atoms with Crippen LogP contribution in [0.4, 0.5) is 0 Å². The molecular formula is C27H27Cl3N7Nd. The first kappa shape index (κ1) is 31.1. The topological polar surface area (TPSA) is 68.8 Å². The van der Waals surface area contributed by atoms with Crippen molar-refractivity contribution in [3.05, 3.63) is 77.4 Å². The molecule has 1 aromatic rings. The van der Waals surface area contributed by atoms with E-state index in [-0.39, 0.29) is 90.1 Å². The molecule has 4 aliphatic heterocycles. The average molecular weight is 700 g/mol. The van der Waals surface area contributed by atoms with E-state index in [0.717, 1.165) is 49.0 Å². The van der Waals surface area contributed by atoms with Crippen molar-refractivity contribution in [1.82, 2.24) is 14.8 Å². The smallest absolute Gasteiger partial charge is 1.00 e. The van der Waals surface area contributed by atoms with E-state index in [0.29, 0.717) is 11.7 Å². The van der Waals surface area contributed by atoms with Crippen LogP contribution in [-0.4, -0.2) is 76.1 Å². The Morgan fingerprint density at radius 1 is 0.632 bits per heavy atom. The van der Waals surface area contributed by atoms with Gasteiger partial charge < -0.3 is 47.0 Å². The summed E-state index contributed by atoms with van der Waals surface area (Å²) in [5, 5.41) is 0. The standard InChI is InChI=1S/C27H27N7.3ClH.Nd/c1-2-13-33(12-1)18-8-10-20-24(16-18)31-26(29-20)22-6-5-7-23(28-22)27-30-21-11-9-19(17-25(21)32-27)34-14-3-4-15-34;;;;/h5-11,16-17,20-21H,1-4,12-15H2;3*1H;/q;;;;+3/p-3. The molecule has 11 heteroatoms. The number of hydrogen-bond acceptors (Lipinski definition) is 7. The second-order valence-corrected chi connectivity index (χ2v) is 9.52. The van der Waals surface area contributed by atoms with E-state index in [4.69, 9.17) is 25.0 Å². The Labute approximate surface area is 274 Å². The summed E-state index contributed by atoms with van der Waals surface area (Å²) >= 11 is 0. The summed E-state index contributed by atoms with van der Waals surface area (Å²) in [6, 6.07) is 5.91. The van der Waals surface area contributed by atoms with E-state index in [1.54, 1.807) is 0 Å². The van der Waals surface area contributed by atoms with Gasteiger partial charge in [-0.2, -0.15) is 0 Å². The van der Waals surface area contributed by atoms with Crippen molar-refractivity contribution in [2.24, 2.45) is 20.0 Å². The van der Waals surface area contributed by atoms with Crippen LogP contribution in [0.1, 0.15) is 37.1 Å². The minimum absolute atomic E-state index is 0. The van der Waals surface area contributed by atoms with Gasteiger partial charge in [0.2, 0.25) is 0 Å². The van der Waals surface area contributed by atoms with Crippen molar-refractivity contribution in [2.75, 3.05) is 26.2 Å². The van der Waals surface area contributed by atoms with Crippen LogP contribution < -0.4 is 37.2 Å².